The molecule has 1 heterocycles. The van der Waals surface area contributed by atoms with Crippen LogP contribution in [0.25, 0.3) is 10.1 Å². The van der Waals surface area contributed by atoms with Crippen molar-refractivity contribution in [1.82, 2.24) is 0 Å². The van der Waals surface area contributed by atoms with Crippen molar-refractivity contribution >= 4 is 60.6 Å². The molecule has 3 aromatic rings. The molecule has 23 heavy (non-hydrogen) atoms. The minimum atomic E-state index is -0.803. The molecule has 0 amide bonds. The van der Waals surface area contributed by atoms with Crippen molar-refractivity contribution in [2.24, 2.45) is 0 Å². The molecule has 0 saturated heterocycles. The number of halogens is 3. The third-order valence-corrected chi connectivity index (χ3v) is 5.44. The van der Waals surface area contributed by atoms with Gasteiger partial charge in [-0.2, -0.15) is 0 Å². The van der Waals surface area contributed by atoms with Crippen LogP contribution in [0.3, 0.4) is 0 Å². The van der Waals surface area contributed by atoms with E-state index in [1.165, 1.54) is 23.5 Å². The molecule has 0 fully saturated rings. The van der Waals surface area contributed by atoms with Crippen LogP contribution in [0, 0.1) is 5.82 Å². The summed E-state index contributed by atoms with van der Waals surface area (Å²) < 4.78 is 20.3. The number of carbonyl (C=O) groups excluding carboxylic acids is 1. The number of ether oxygens (including phenoxy) is 1. The van der Waals surface area contributed by atoms with Crippen LogP contribution in [-0.4, -0.2) is 5.97 Å². The Kier molecular flexibility index (Phi) is 4.57. The maximum absolute atomic E-state index is 14.0. The standard InChI is InChI=1S/C16H10BrClFNO2S/c17-10-4-5-12(20)13(14(10)19)16(21)22-6-8-7-23-15-9(8)2-1-3-11(15)18/h1-5,7H,6,20H2. The van der Waals surface area contributed by atoms with Gasteiger partial charge >= 0.3 is 5.97 Å². The summed E-state index contributed by atoms with van der Waals surface area (Å²) in [5, 5.41) is 3.43. The van der Waals surface area contributed by atoms with Crippen molar-refractivity contribution in [1.29, 1.82) is 0 Å². The summed E-state index contributed by atoms with van der Waals surface area (Å²) in [4.78, 5) is 12.2. The van der Waals surface area contributed by atoms with Crippen LogP contribution in [0.15, 0.2) is 40.2 Å². The zero-order valence-corrected chi connectivity index (χ0v) is 14.8. The minimum absolute atomic E-state index is 0.0184. The lowest BCUT2D eigenvalue weighted by molar-refractivity contribution is 0.0470. The molecule has 0 unspecified atom stereocenters. The van der Waals surface area contributed by atoms with Gasteiger partial charge in [0.25, 0.3) is 0 Å². The van der Waals surface area contributed by atoms with Gasteiger partial charge in [-0.05, 0) is 39.5 Å². The topological polar surface area (TPSA) is 52.3 Å². The molecule has 0 aliphatic rings. The first-order chi connectivity index (χ1) is 11.0. The number of hydrogen-bond acceptors (Lipinski definition) is 4. The van der Waals surface area contributed by atoms with Crippen molar-refractivity contribution in [3.05, 3.63) is 62.2 Å². The third-order valence-electron chi connectivity index (χ3n) is 3.32. The molecule has 0 spiro atoms. The molecule has 0 aliphatic carbocycles. The zero-order valence-electron chi connectivity index (χ0n) is 11.6. The van der Waals surface area contributed by atoms with Crippen molar-refractivity contribution in [2.75, 3.05) is 5.73 Å². The molecule has 3 nitrogen and oxygen atoms in total. The van der Waals surface area contributed by atoms with Crippen molar-refractivity contribution < 1.29 is 13.9 Å². The first-order valence-corrected chi connectivity index (χ1v) is 8.59. The maximum atomic E-state index is 14.0. The summed E-state index contributed by atoms with van der Waals surface area (Å²) in [5.41, 5.74) is 6.26. The van der Waals surface area contributed by atoms with E-state index in [1.807, 2.05) is 17.5 Å². The van der Waals surface area contributed by atoms with E-state index in [9.17, 15) is 9.18 Å². The van der Waals surface area contributed by atoms with Crippen LogP contribution < -0.4 is 5.73 Å². The SMILES string of the molecule is Nc1ccc(Br)c(F)c1C(=O)OCc1csc2c(Cl)cccc12. The molecule has 118 valence electrons. The van der Waals surface area contributed by atoms with E-state index in [0.717, 1.165) is 15.6 Å². The number of rotatable bonds is 3. The van der Waals surface area contributed by atoms with Crippen molar-refractivity contribution in [3.8, 4) is 0 Å². The lowest BCUT2D eigenvalue weighted by Gasteiger charge is -2.09. The van der Waals surface area contributed by atoms with Crippen LogP contribution in [0.2, 0.25) is 5.02 Å². The largest absolute Gasteiger partial charge is 0.457 e. The fourth-order valence-electron chi connectivity index (χ4n) is 2.18. The quantitative estimate of drug-likeness (QED) is 0.461. The monoisotopic (exact) mass is 413 g/mol. The summed E-state index contributed by atoms with van der Waals surface area (Å²) in [6.45, 7) is 0.0184. The summed E-state index contributed by atoms with van der Waals surface area (Å²) >= 11 is 10.6. The van der Waals surface area contributed by atoms with Crippen LogP contribution in [0.4, 0.5) is 10.1 Å². The van der Waals surface area contributed by atoms with Crippen molar-refractivity contribution in [2.45, 2.75) is 6.61 Å². The lowest BCUT2D eigenvalue weighted by atomic mass is 10.1. The summed E-state index contributed by atoms with van der Waals surface area (Å²) in [6.07, 6.45) is 0. The average molecular weight is 415 g/mol. The highest BCUT2D eigenvalue weighted by Gasteiger charge is 2.20. The highest BCUT2D eigenvalue weighted by molar-refractivity contribution is 9.10. The molecular weight excluding hydrogens is 405 g/mol. The molecule has 3 rings (SSSR count). The second kappa shape index (κ2) is 6.47. The van der Waals surface area contributed by atoms with E-state index >= 15 is 0 Å². The molecule has 0 bridgehead atoms. The Morgan fingerprint density at radius 3 is 2.91 bits per heavy atom. The number of thiophene rings is 1. The van der Waals surface area contributed by atoms with Gasteiger partial charge in [0.05, 0.1) is 14.2 Å². The summed E-state index contributed by atoms with van der Waals surface area (Å²) in [7, 11) is 0. The van der Waals surface area contributed by atoms with E-state index in [-0.39, 0.29) is 22.3 Å². The predicted molar refractivity (Wildman–Crippen MR) is 94.5 cm³/mol. The van der Waals surface area contributed by atoms with Gasteiger partial charge in [0.1, 0.15) is 12.2 Å². The molecule has 2 aromatic carbocycles. The molecule has 0 atom stereocenters. The first-order valence-electron chi connectivity index (χ1n) is 6.54. The Morgan fingerprint density at radius 1 is 1.35 bits per heavy atom. The summed E-state index contributed by atoms with van der Waals surface area (Å²) in [5.74, 6) is -1.53. The fraction of sp³-hybridized carbons (Fsp3) is 0.0625. The Bertz CT molecular complexity index is 912. The van der Waals surface area contributed by atoms with Gasteiger partial charge in [-0.25, -0.2) is 9.18 Å². The zero-order chi connectivity index (χ0) is 16.6. The molecule has 7 heteroatoms. The van der Waals surface area contributed by atoms with Crippen LogP contribution in [0.1, 0.15) is 15.9 Å². The number of benzene rings is 2. The van der Waals surface area contributed by atoms with Gasteiger partial charge in [0, 0.05) is 16.6 Å². The molecule has 0 aliphatic heterocycles. The smallest absolute Gasteiger partial charge is 0.343 e. The molecule has 0 saturated carbocycles. The Morgan fingerprint density at radius 2 is 2.13 bits per heavy atom. The van der Waals surface area contributed by atoms with E-state index in [2.05, 4.69) is 15.9 Å². The van der Waals surface area contributed by atoms with Gasteiger partial charge in [-0.1, -0.05) is 23.7 Å². The maximum Gasteiger partial charge on any atom is 0.343 e. The highest BCUT2D eigenvalue weighted by atomic mass is 79.9. The second-order valence-corrected chi connectivity index (χ2v) is 6.92. The number of nitrogens with two attached hydrogens (primary N) is 1. The van der Waals surface area contributed by atoms with Crippen molar-refractivity contribution in [3.63, 3.8) is 0 Å². The van der Waals surface area contributed by atoms with Crippen LogP contribution >= 0.6 is 38.9 Å². The van der Waals surface area contributed by atoms with E-state index in [4.69, 9.17) is 22.1 Å². The van der Waals surface area contributed by atoms with Gasteiger partial charge < -0.3 is 10.5 Å². The molecular formula is C16H10BrClFNO2S. The first kappa shape index (κ1) is 16.2. The summed E-state index contributed by atoms with van der Waals surface area (Å²) in [6, 6.07) is 8.41. The predicted octanol–water partition coefficient (Wildman–Crippen LogP) is 5.40. The number of carbonyl (C=O) groups is 1. The van der Waals surface area contributed by atoms with Gasteiger partial charge in [-0.15, -0.1) is 11.3 Å². The number of hydrogen-bond donors (Lipinski definition) is 1. The number of fused-ring (bicyclic) bond motifs is 1. The lowest BCUT2D eigenvalue weighted by Crippen LogP contribution is -2.11. The second-order valence-electron chi connectivity index (χ2n) is 4.78. The molecule has 2 N–H and O–H groups in total. The Balaban J connectivity index is 1.84. The highest BCUT2D eigenvalue weighted by Crippen LogP contribution is 2.32. The van der Waals surface area contributed by atoms with E-state index in [0.29, 0.717) is 5.02 Å². The number of nitrogen functional groups attached to an aromatic ring is 1. The third kappa shape index (κ3) is 3.06. The number of esters is 1. The normalized spacial score (nSPS) is 10.9. The minimum Gasteiger partial charge on any atom is -0.457 e. The van der Waals surface area contributed by atoms with Gasteiger partial charge in [0.15, 0.2) is 5.82 Å². The van der Waals surface area contributed by atoms with Gasteiger partial charge in [0.2, 0.25) is 0 Å². The Labute approximate surface area is 148 Å². The number of anilines is 1. The van der Waals surface area contributed by atoms with E-state index in [1.54, 1.807) is 6.07 Å². The van der Waals surface area contributed by atoms with Gasteiger partial charge in [-0.3, -0.25) is 0 Å². The average Bonchev–Trinajstić information content (AvgIpc) is 2.94. The van der Waals surface area contributed by atoms with E-state index < -0.39 is 11.8 Å². The molecule has 1 aromatic heterocycles. The fourth-order valence-corrected chi connectivity index (χ4v) is 3.78. The molecule has 0 radical (unpaired) electrons. The van der Waals surface area contributed by atoms with Crippen LogP contribution in [0.5, 0.6) is 0 Å². The van der Waals surface area contributed by atoms with Crippen LogP contribution in [-0.2, 0) is 11.3 Å². The Hall–Kier alpha value is -1.63.